The minimum atomic E-state index is 0.600. The van der Waals surface area contributed by atoms with Crippen molar-refractivity contribution in [3.05, 3.63) is 12.2 Å². The van der Waals surface area contributed by atoms with Crippen LogP contribution in [0.15, 0.2) is 12.2 Å². The lowest BCUT2D eigenvalue weighted by molar-refractivity contribution is 0.290. The van der Waals surface area contributed by atoms with Crippen molar-refractivity contribution in [2.24, 2.45) is 5.92 Å². The Balaban J connectivity index is 2.03. The lowest BCUT2D eigenvalue weighted by Gasteiger charge is -2.31. The predicted molar refractivity (Wildman–Crippen MR) is 41.9 cm³/mol. The molecule has 2 atom stereocenters. The molecular formula is C9H14N. The highest BCUT2D eigenvalue weighted by Gasteiger charge is 2.24. The maximum Gasteiger partial charge on any atom is 0.0454 e. The Hall–Kier alpha value is -0.300. The Morgan fingerprint density at radius 3 is 3.20 bits per heavy atom. The summed E-state index contributed by atoms with van der Waals surface area (Å²) in [7, 11) is 0. The number of rotatable bonds is 0. The van der Waals surface area contributed by atoms with Gasteiger partial charge in [-0.05, 0) is 31.6 Å². The van der Waals surface area contributed by atoms with Gasteiger partial charge in [0.25, 0.3) is 0 Å². The molecule has 1 fully saturated rings. The maximum absolute atomic E-state index is 4.56. The SMILES string of the molecule is C1=C[C@H]2[N]CCC[C@H]2CC1. The first-order valence-electron chi connectivity index (χ1n) is 4.30. The lowest BCUT2D eigenvalue weighted by Crippen LogP contribution is -2.35. The minimum absolute atomic E-state index is 0.600. The molecule has 55 valence electrons. The molecule has 1 saturated heterocycles. The zero-order valence-corrected chi connectivity index (χ0v) is 6.29. The second kappa shape index (κ2) is 2.75. The van der Waals surface area contributed by atoms with Crippen LogP contribution in [-0.4, -0.2) is 12.6 Å². The fraction of sp³-hybridized carbons (Fsp3) is 0.778. The highest BCUT2D eigenvalue weighted by Crippen LogP contribution is 2.26. The molecule has 0 spiro atoms. The minimum Gasteiger partial charge on any atom is -0.234 e. The Morgan fingerprint density at radius 1 is 1.30 bits per heavy atom. The van der Waals surface area contributed by atoms with Crippen molar-refractivity contribution in [1.82, 2.24) is 5.32 Å². The van der Waals surface area contributed by atoms with E-state index in [1.54, 1.807) is 0 Å². The van der Waals surface area contributed by atoms with E-state index in [2.05, 4.69) is 17.5 Å². The molecule has 0 aromatic rings. The molecule has 0 bridgehead atoms. The van der Waals surface area contributed by atoms with Gasteiger partial charge < -0.3 is 0 Å². The Morgan fingerprint density at radius 2 is 2.30 bits per heavy atom. The zero-order valence-electron chi connectivity index (χ0n) is 6.29. The summed E-state index contributed by atoms with van der Waals surface area (Å²) in [6, 6.07) is 0.600. The summed E-state index contributed by atoms with van der Waals surface area (Å²) in [5, 5.41) is 4.56. The average molecular weight is 136 g/mol. The van der Waals surface area contributed by atoms with Crippen molar-refractivity contribution >= 4 is 0 Å². The maximum atomic E-state index is 4.56. The van der Waals surface area contributed by atoms with E-state index >= 15 is 0 Å². The van der Waals surface area contributed by atoms with Crippen LogP contribution in [0.25, 0.3) is 0 Å². The quantitative estimate of drug-likeness (QED) is 0.450. The lowest BCUT2D eigenvalue weighted by atomic mass is 9.83. The van der Waals surface area contributed by atoms with Gasteiger partial charge in [-0.1, -0.05) is 12.2 Å². The molecule has 10 heavy (non-hydrogen) atoms. The van der Waals surface area contributed by atoms with Gasteiger partial charge in [-0.2, -0.15) is 0 Å². The molecule has 1 heteroatoms. The van der Waals surface area contributed by atoms with E-state index in [1.165, 1.54) is 25.7 Å². The van der Waals surface area contributed by atoms with E-state index in [-0.39, 0.29) is 0 Å². The molecular weight excluding hydrogens is 122 g/mol. The van der Waals surface area contributed by atoms with Gasteiger partial charge in [0, 0.05) is 12.6 Å². The second-order valence-electron chi connectivity index (χ2n) is 3.30. The predicted octanol–water partition coefficient (Wildman–Crippen LogP) is 1.72. The van der Waals surface area contributed by atoms with Crippen LogP contribution >= 0.6 is 0 Å². The normalized spacial score (nSPS) is 39.2. The van der Waals surface area contributed by atoms with Gasteiger partial charge in [0.1, 0.15) is 0 Å². The van der Waals surface area contributed by atoms with E-state index in [0.29, 0.717) is 6.04 Å². The largest absolute Gasteiger partial charge is 0.234 e. The van der Waals surface area contributed by atoms with Crippen molar-refractivity contribution in [3.63, 3.8) is 0 Å². The first kappa shape index (κ1) is 6.41. The van der Waals surface area contributed by atoms with Crippen molar-refractivity contribution < 1.29 is 0 Å². The van der Waals surface area contributed by atoms with Crippen LogP contribution in [0.1, 0.15) is 25.7 Å². The molecule has 1 aliphatic heterocycles. The monoisotopic (exact) mass is 136 g/mol. The zero-order chi connectivity index (χ0) is 6.81. The molecule has 0 unspecified atom stereocenters. The van der Waals surface area contributed by atoms with Crippen molar-refractivity contribution in [3.8, 4) is 0 Å². The number of fused-ring (bicyclic) bond motifs is 1. The fourth-order valence-corrected chi connectivity index (χ4v) is 1.99. The molecule has 0 saturated carbocycles. The van der Waals surface area contributed by atoms with Crippen LogP contribution in [0.2, 0.25) is 0 Å². The average Bonchev–Trinajstić information content (AvgIpc) is 2.05. The number of hydrogen-bond donors (Lipinski definition) is 0. The third kappa shape index (κ3) is 1.10. The molecule has 2 rings (SSSR count). The molecule has 1 heterocycles. The van der Waals surface area contributed by atoms with Crippen LogP contribution in [0.4, 0.5) is 0 Å². The molecule has 2 aliphatic rings. The molecule has 1 radical (unpaired) electrons. The van der Waals surface area contributed by atoms with Crippen LogP contribution in [0.5, 0.6) is 0 Å². The van der Waals surface area contributed by atoms with Crippen LogP contribution in [0, 0.1) is 5.92 Å². The third-order valence-electron chi connectivity index (χ3n) is 2.59. The van der Waals surface area contributed by atoms with Gasteiger partial charge in [0.05, 0.1) is 0 Å². The van der Waals surface area contributed by atoms with Crippen LogP contribution < -0.4 is 5.32 Å². The van der Waals surface area contributed by atoms with Gasteiger partial charge >= 0.3 is 0 Å². The smallest absolute Gasteiger partial charge is 0.0454 e. The molecule has 0 N–H and O–H groups in total. The van der Waals surface area contributed by atoms with E-state index < -0.39 is 0 Å². The summed E-state index contributed by atoms with van der Waals surface area (Å²) in [5.41, 5.74) is 0. The van der Waals surface area contributed by atoms with E-state index in [1.807, 2.05) is 0 Å². The summed E-state index contributed by atoms with van der Waals surface area (Å²) >= 11 is 0. The Labute approximate surface area is 62.5 Å². The van der Waals surface area contributed by atoms with Crippen LogP contribution in [0.3, 0.4) is 0 Å². The first-order valence-corrected chi connectivity index (χ1v) is 4.30. The summed E-state index contributed by atoms with van der Waals surface area (Å²) in [5.74, 6) is 0.902. The van der Waals surface area contributed by atoms with Crippen molar-refractivity contribution in [1.29, 1.82) is 0 Å². The van der Waals surface area contributed by atoms with E-state index in [4.69, 9.17) is 0 Å². The molecule has 0 aromatic heterocycles. The van der Waals surface area contributed by atoms with Gasteiger partial charge in [-0.15, -0.1) is 0 Å². The molecule has 1 aliphatic carbocycles. The molecule has 1 nitrogen and oxygen atoms in total. The Bertz CT molecular complexity index is 140. The highest BCUT2D eigenvalue weighted by atomic mass is 14.9. The number of allylic oxidation sites excluding steroid dienone is 1. The first-order chi connectivity index (χ1) is 4.97. The number of piperidine rings is 1. The topological polar surface area (TPSA) is 14.1 Å². The number of hydrogen-bond acceptors (Lipinski definition) is 0. The van der Waals surface area contributed by atoms with E-state index in [9.17, 15) is 0 Å². The van der Waals surface area contributed by atoms with Crippen LogP contribution in [-0.2, 0) is 0 Å². The van der Waals surface area contributed by atoms with Gasteiger partial charge in [0.2, 0.25) is 0 Å². The third-order valence-corrected chi connectivity index (χ3v) is 2.59. The van der Waals surface area contributed by atoms with Gasteiger partial charge in [0.15, 0.2) is 0 Å². The fourth-order valence-electron chi connectivity index (χ4n) is 1.99. The second-order valence-corrected chi connectivity index (χ2v) is 3.30. The summed E-state index contributed by atoms with van der Waals surface area (Å²) < 4.78 is 0. The van der Waals surface area contributed by atoms with Gasteiger partial charge in [-0.25, -0.2) is 5.32 Å². The number of nitrogens with zero attached hydrogens (tertiary/aromatic N) is 1. The highest BCUT2D eigenvalue weighted by molar-refractivity contribution is 5.02. The summed E-state index contributed by atoms with van der Waals surface area (Å²) in [4.78, 5) is 0. The summed E-state index contributed by atoms with van der Waals surface area (Å²) in [6.45, 7) is 1.10. The van der Waals surface area contributed by atoms with E-state index in [0.717, 1.165) is 12.5 Å². The molecule has 0 amide bonds. The molecule has 0 aromatic carbocycles. The van der Waals surface area contributed by atoms with Gasteiger partial charge in [-0.3, -0.25) is 0 Å². The summed E-state index contributed by atoms with van der Waals surface area (Å²) in [6.07, 6.45) is 10.00. The van der Waals surface area contributed by atoms with Crippen molar-refractivity contribution in [2.75, 3.05) is 6.54 Å². The van der Waals surface area contributed by atoms with Crippen molar-refractivity contribution in [2.45, 2.75) is 31.7 Å². The Kier molecular flexibility index (Phi) is 1.76. The standard InChI is InChI=1S/C9H14N/c1-2-6-9-8(4-1)5-3-7-10-9/h2,6,8-9H,1,3-5,7H2/t8-,9-/m1/s1.